The molecule has 0 aliphatic carbocycles. The first-order valence-electron chi connectivity index (χ1n) is 5.95. The van der Waals surface area contributed by atoms with E-state index in [1.807, 2.05) is 0 Å². The SMILES string of the molecule is CC(C)CCCN1C[C@@H](C)O[C@@H](C)C1. The van der Waals surface area contributed by atoms with Crippen LogP contribution in [0.5, 0.6) is 0 Å². The lowest BCUT2D eigenvalue weighted by molar-refractivity contribution is -0.0682. The van der Waals surface area contributed by atoms with Gasteiger partial charge in [0.15, 0.2) is 0 Å². The van der Waals surface area contributed by atoms with Crippen molar-refractivity contribution in [2.24, 2.45) is 5.92 Å². The number of morpholine rings is 1. The topological polar surface area (TPSA) is 12.5 Å². The van der Waals surface area contributed by atoms with Gasteiger partial charge in [-0.05, 0) is 39.2 Å². The minimum atomic E-state index is 0.415. The highest BCUT2D eigenvalue weighted by atomic mass is 16.5. The maximum Gasteiger partial charge on any atom is 0.0678 e. The second kappa shape index (κ2) is 5.72. The van der Waals surface area contributed by atoms with E-state index in [0.717, 1.165) is 19.0 Å². The van der Waals surface area contributed by atoms with Gasteiger partial charge in [-0.3, -0.25) is 4.90 Å². The summed E-state index contributed by atoms with van der Waals surface area (Å²) < 4.78 is 5.70. The molecule has 1 aliphatic heterocycles. The van der Waals surface area contributed by atoms with Gasteiger partial charge < -0.3 is 4.74 Å². The highest BCUT2D eigenvalue weighted by Crippen LogP contribution is 2.12. The molecule has 1 heterocycles. The van der Waals surface area contributed by atoms with Gasteiger partial charge in [-0.25, -0.2) is 0 Å². The first-order valence-corrected chi connectivity index (χ1v) is 5.95. The third kappa shape index (κ3) is 4.43. The summed E-state index contributed by atoms with van der Waals surface area (Å²) in [5, 5.41) is 0. The van der Waals surface area contributed by atoms with Gasteiger partial charge in [-0.1, -0.05) is 13.8 Å². The second-order valence-electron chi connectivity index (χ2n) is 5.05. The molecule has 1 saturated heterocycles. The Morgan fingerprint density at radius 3 is 2.29 bits per heavy atom. The normalized spacial score (nSPS) is 29.8. The van der Waals surface area contributed by atoms with Crippen LogP contribution in [0.2, 0.25) is 0 Å². The summed E-state index contributed by atoms with van der Waals surface area (Å²) in [5.41, 5.74) is 0. The van der Waals surface area contributed by atoms with Gasteiger partial charge in [0.1, 0.15) is 0 Å². The van der Waals surface area contributed by atoms with Gasteiger partial charge in [0.2, 0.25) is 0 Å². The lowest BCUT2D eigenvalue weighted by Gasteiger charge is -2.35. The fourth-order valence-electron chi connectivity index (χ4n) is 2.19. The standard InChI is InChI=1S/C12H25NO/c1-10(2)6-5-7-13-8-11(3)14-12(4)9-13/h10-12H,5-9H2,1-4H3/t11-,12+. The molecule has 2 heteroatoms. The second-order valence-corrected chi connectivity index (χ2v) is 5.05. The van der Waals surface area contributed by atoms with E-state index in [0.29, 0.717) is 12.2 Å². The number of ether oxygens (including phenoxy) is 1. The van der Waals surface area contributed by atoms with Gasteiger partial charge in [-0.15, -0.1) is 0 Å². The molecule has 2 atom stereocenters. The van der Waals surface area contributed by atoms with E-state index in [1.165, 1.54) is 19.4 Å². The largest absolute Gasteiger partial charge is 0.373 e. The summed E-state index contributed by atoms with van der Waals surface area (Å²) in [4.78, 5) is 2.54. The summed E-state index contributed by atoms with van der Waals surface area (Å²) in [6.45, 7) is 12.4. The molecule has 0 aromatic heterocycles. The van der Waals surface area contributed by atoms with Crippen LogP contribution in [0, 0.1) is 5.92 Å². The lowest BCUT2D eigenvalue weighted by Crippen LogP contribution is -2.45. The van der Waals surface area contributed by atoms with Crippen molar-refractivity contribution in [3.63, 3.8) is 0 Å². The van der Waals surface area contributed by atoms with Crippen LogP contribution in [0.25, 0.3) is 0 Å². The van der Waals surface area contributed by atoms with Gasteiger partial charge >= 0.3 is 0 Å². The van der Waals surface area contributed by atoms with Crippen LogP contribution in [-0.2, 0) is 4.74 Å². The molecule has 2 nitrogen and oxygen atoms in total. The maximum atomic E-state index is 5.70. The van der Waals surface area contributed by atoms with Crippen LogP contribution >= 0.6 is 0 Å². The molecule has 0 unspecified atom stereocenters. The third-order valence-corrected chi connectivity index (χ3v) is 2.75. The minimum Gasteiger partial charge on any atom is -0.373 e. The average Bonchev–Trinajstić information content (AvgIpc) is 2.01. The van der Waals surface area contributed by atoms with Crippen molar-refractivity contribution in [3.05, 3.63) is 0 Å². The predicted molar refractivity (Wildman–Crippen MR) is 60.5 cm³/mol. The molecule has 1 rings (SSSR count). The Labute approximate surface area is 88.6 Å². The average molecular weight is 199 g/mol. The zero-order chi connectivity index (χ0) is 10.6. The van der Waals surface area contributed by atoms with Gasteiger partial charge in [0, 0.05) is 13.1 Å². The quantitative estimate of drug-likeness (QED) is 0.690. The van der Waals surface area contributed by atoms with Gasteiger partial charge in [-0.2, -0.15) is 0 Å². The van der Waals surface area contributed by atoms with Crippen molar-refractivity contribution in [3.8, 4) is 0 Å². The Bertz CT molecular complexity index is 148. The zero-order valence-corrected chi connectivity index (χ0v) is 10.1. The number of rotatable bonds is 4. The molecule has 14 heavy (non-hydrogen) atoms. The molecule has 0 radical (unpaired) electrons. The van der Waals surface area contributed by atoms with Crippen molar-refractivity contribution < 1.29 is 4.74 Å². The first kappa shape index (κ1) is 12.0. The Balaban J connectivity index is 2.17. The van der Waals surface area contributed by atoms with Crippen molar-refractivity contribution >= 4 is 0 Å². The Morgan fingerprint density at radius 2 is 1.79 bits per heavy atom. The molecule has 1 fully saturated rings. The molecule has 84 valence electrons. The van der Waals surface area contributed by atoms with E-state index >= 15 is 0 Å². The minimum absolute atomic E-state index is 0.415. The highest BCUT2D eigenvalue weighted by molar-refractivity contribution is 4.72. The smallest absolute Gasteiger partial charge is 0.0678 e. The number of nitrogens with zero attached hydrogens (tertiary/aromatic N) is 1. The van der Waals surface area contributed by atoms with Crippen LogP contribution in [0.15, 0.2) is 0 Å². The first-order chi connectivity index (χ1) is 6.58. The summed E-state index contributed by atoms with van der Waals surface area (Å²) in [5.74, 6) is 0.839. The van der Waals surface area contributed by atoms with Crippen molar-refractivity contribution in [2.45, 2.75) is 52.7 Å². The Kier molecular flexibility index (Phi) is 4.90. The summed E-state index contributed by atoms with van der Waals surface area (Å²) in [6, 6.07) is 0. The molecule has 0 amide bonds. The van der Waals surface area contributed by atoms with Crippen molar-refractivity contribution in [1.82, 2.24) is 4.90 Å². The molecule has 1 aliphatic rings. The summed E-state index contributed by atoms with van der Waals surface area (Å²) in [6.07, 6.45) is 3.51. The van der Waals surface area contributed by atoms with E-state index < -0.39 is 0 Å². The molecular weight excluding hydrogens is 174 g/mol. The lowest BCUT2D eigenvalue weighted by atomic mass is 10.1. The van der Waals surface area contributed by atoms with E-state index in [4.69, 9.17) is 4.74 Å². The Hall–Kier alpha value is -0.0800. The van der Waals surface area contributed by atoms with Crippen LogP contribution in [-0.4, -0.2) is 36.7 Å². The monoisotopic (exact) mass is 199 g/mol. The number of hydrogen-bond donors (Lipinski definition) is 0. The fourth-order valence-corrected chi connectivity index (χ4v) is 2.19. The molecular formula is C12H25NO. The maximum absolute atomic E-state index is 5.70. The van der Waals surface area contributed by atoms with Crippen LogP contribution in [0.1, 0.15) is 40.5 Å². The Morgan fingerprint density at radius 1 is 1.21 bits per heavy atom. The highest BCUT2D eigenvalue weighted by Gasteiger charge is 2.21. The van der Waals surface area contributed by atoms with E-state index in [1.54, 1.807) is 0 Å². The molecule has 0 saturated carbocycles. The van der Waals surface area contributed by atoms with E-state index in [-0.39, 0.29) is 0 Å². The van der Waals surface area contributed by atoms with E-state index in [9.17, 15) is 0 Å². The van der Waals surface area contributed by atoms with Crippen LogP contribution < -0.4 is 0 Å². The van der Waals surface area contributed by atoms with Crippen LogP contribution in [0.3, 0.4) is 0 Å². The zero-order valence-electron chi connectivity index (χ0n) is 10.1. The third-order valence-electron chi connectivity index (χ3n) is 2.75. The van der Waals surface area contributed by atoms with Crippen molar-refractivity contribution in [2.75, 3.05) is 19.6 Å². The molecule has 0 N–H and O–H groups in total. The predicted octanol–water partition coefficient (Wildman–Crippen LogP) is 2.53. The van der Waals surface area contributed by atoms with E-state index in [2.05, 4.69) is 32.6 Å². The number of hydrogen-bond acceptors (Lipinski definition) is 2. The van der Waals surface area contributed by atoms with Crippen LogP contribution in [0.4, 0.5) is 0 Å². The van der Waals surface area contributed by atoms with Crippen molar-refractivity contribution in [1.29, 1.82) is 0 Å². The summed E-state index contributed by atoms with van der Waals surface area (Å²) >= 11 is 0. The fraction of sp³-hybridized carbons (Fsp3) is 1.00. The van der Waals surface area contributed by atoms with Gasteiger partial charge in [0.25, 0.3) is 0 Å². The summed E-state index contributed by atoms with van der Waals surface area (Å²) in [7, 11) is 0. The molecule has 0 bridgehead atoms. The molecule has 0 spiro atoms. The molecule has 0 aromatic carbocycles. The van der Waals surface area contributed by atoms with Gasteiger partial charge in [0.05, 0.1) is 12.2 Å². The molecule has 0 aromatic rings.